The lowest BCUT2D eigenvalue weighted by atomic mass is 10.1. The zero-order chi connectivity index (χ0) is 21.1. The topological polar surface area (TPSA) is 231 Å². The van der Waals surface area contributed by atoms with Crippen LogP contribution in [0.2, 0.25) is 0 Å². The summed E-state index contributed by atoms with van der Waals surface area (Å²) in [5.74, 6) is -5.91. The van der Waals surface area contributed by atoms with E-state index in [2.05, 4.69) is 10.6 Å². The van der Waals surface area contributed by atoms with E-state index in [0.717, 1.165) is 0 Å². The van der Waals surface area contributed by atoms with Crippen LogP contribution in [-0.2, 0) is 28.8 Å². The summed E-state index contributed by atoms with van der Waals surface area (Å²) in [5.41, 5.74) is 10.4. The van der Waals surface area contributed by atoms with Crippen LogP contribution in [0.1, 0.15) is 26.2 Å². The quantitative estimate of drug-likeness (QED) is 0.173. The van der Waals surface area contributed by atoms with Crippen LogP contribution in [-0.4, -0.2) is 70.5 Å². The number of carboxylic acids is 2. The van der Waals surface area contributed by atoms with Crippen molar-refractivity contribution >= 4 is 35.6 Å². The molecule has 0 rings (SSSR count). The van der Waals surface area contributed by atoms with Gasteiger partial charge in [0.25, 0.3) is 0 Å². The molecule has 0 aliphatic carbocycles. The van der Waals surface area contributed by atoms with Crippen molar-refractivity contribution in [3.8, 4) is 0 Å². The Kier molecular flexibility index (Phi) is 10.0. The Bertz CT molecular complexity index is 608. The minimum Gasteiger partial charge on any atom is -0.481 e. The third-order valence-corrected chi connectivity index (χ3v) is 3.20. The molecular weight excluding hydrogens is 366 g/mol. The molecule has 0 aliphatic heterocycles. The van der Waals surface area contributed by atoms with Gasteiger partial charge in [-0.2, -0.15) is 0 Å². The maximum absolute atomic E-state index is 12.1. The molecule has 27 heavy (non-hydrogen) atoms. The van der Waals surface area contributed by atoms with Gasteiger partial charge in [-0.25, -0.2) is 0 Å². The van der Waals surface area contributed by atoms with Gasteiger partial charge in [-0.1, -0.05) is 0 Å². The molecule has 9 N–H and O–H groups in total. The summed E-state index contributed by atoms with van der Waals surface area (Å²) in [5, 5.41) is 23.7. The first-order valence-electron chi connectivity index (χ1n) is 7.80. The average Bonchev–Trinajstić information content (AvgIpc) is 2.54. The molecule has 0 heterocycles. The van der Waals surface area contributed by atoms with E-state index in [1.807, 2.05) is 5.32 Å². The molecule has 13 heteroatoms. The van der Waals surface area contributed by atoms with Gasteiger partial charge < -0.3 is 37.6 Å². The second-order valence-electron chi connectivity index (χ2n) is 5.61. The van der Waals surface area contributed by atoms with Crippen molar-refractivity contribution in [1.29, 1.82) is 0 Å². The van der Waals surface area contributed by atoms with E-state index in [-0.39, 0.29) is 6.42 Å². The number of hydrogen-bond donors (Lipinski definition) is 7. The van der Waals surface area contributed by atoms with Crippen LogP contribution in [0, 0.1) is 0 Å². The summed E-state index contributed by atoms with van der Waals surface area (Å²) in [6.45, 7) is 0.556. The molecule has 0 aromatic carbocycles. The average molecular weight is 389 g/mol. The molecule has 3 unspecified atom stereocenters. The lowest BCUT2D eigenvalue weighted by molar-refractivity contribution is -0.140. The first-order chi connectivity index (χ1) is 12.4. The fraction of sp³-hybridized carbons (Fsp3) is 0.571. The van der Waals surface area contributed by atoms with Crippen LogP contribution in [0.5, 0.6) is 0 Å². The van der Waals surface area contributed by atoms with E-state index in [1.54, 1.807) is 0 Å². The van der Waals surface area contributed by atoms with Crippen molar-refractivity contribution in [1.82, 2.24) is 16.0 Å². The number of nitrogens with two attached hydrogens (primary N) is 2. The number of nitrogens with one attached hydrogen (secondary N) is 3. The van der Waals surface area contributed by atoms with Crippen molar-refractivity contribution < 1.29 is 39.0 Å². The van der Waals surface area contributed by atoms with Crippen LogP contribution in [0.15, 0.2) is 0 Å². The number of aliphatic carboxylic acids is 2. The number of hydrogen-bond acceptors (Lipinski definition) is 7. The van der Waals surface area contributed by atoms with Gasteiger partial charge in [-0.05, 0) is 13.3 Å². The van der Waals surface area contributed by atoms with E-state index in [1.165, 1.54) is 6.92 Å². The molecule has 0 spiro atoms. The Morgan fingerprint density at radius 1 is 0.926 bits per heavy atom. The number of carbonyl (C=O) groups is 6. The summed E-state index contributed by atoms with van der Waals surface area (Å²) in [6, 6.07) is -3.76. The third-order valence-electron chi connectivity index (χ3n) is 3.20. The highest BCUT2D eigenvalue weighted by Gasteiger charge is 2.26. The first kappa shape index (κ1) is 23.8. The van der Waals surface area contributed by atoms with Crippen LogP contribution >= 0.6 is 0 Å². The third kappa shape index (κ3) is 10.4. The van der Waals surface area contributed by atoms with Crippen molar-refractivity contribution in [3.63, 3.8) is 0 Å². The molecule has 0 saturated heterocycles. The Labute approximate surface area is 153 Å². The second-order valence-corrected chi connectivity index (χ2v) is 5.61. The van der Waals surface area contributed by atoms with Gasteiger partial charge >= 0.3 is 11.9 Å². The fourth-order valence-corrected chi connectivity index (χ4v) is 1.81. The fourth-order valence-electron chi connectivity index (χ4n) is 1.81. The van der Waals surface area contributed by atoms with Gasteiger partial charge in [0.2, 0.25) is 23.6 Å². The molecule has 0 aromatic rings. The second kappa shape index (κ2) is 11.4. The minimum atomic E-state index is -1.33. The Morgan fingerprint density at radius 2 is 1.52 bits per heavy atom. The van der Waals surface area contributed by atoms with Crippen molar-refractivity contribution in [2.45, 2.75) is 44.3 Å². The summed E-state index contributed by atoms with van der Waals surface area (Å²) in [7, 11) is 0. The number of carboxylic acid groups (broad SMARTS) is 2. The van der Waals surface area contributed by atoms with Crippen molar-refractivity contribution in [2.24, 2.45) is 11.5 Å². The van der Waals surface area contributed by atoms with Crippen molar-refractivity contribution in [2.75, 3.05) is 6.54 Å². The van der Waals surface area contributed by atoms with Crippen LogP contribution in [0.25, 0.3) is 0 Å². The van der Waals surface area contributed by atoms with E-state index in [9.17, 15) is 28.8 Å². The zero-order valence-electron chi connectivity index (χ0n) is 14.6. The molecule has 13 nitrogen and oxygen atoms in total. The van der Waals surface area contributed by atoms with E-state index >= 15 is 0 Å². The summed E-state index contributed by atoms with van der Waals surface area (Å²) in [4.78, 5) is 67.7. The summed E-state index contributed by atoms with van der Waals surface area (Å²) in [6.07, 6.45) is -1.19. The predicted molar refractivity (Wildman–Crippen MR) is 88.8 cm³/mol. The molecule has 4 amide bonds. The molecule has 0 bridgehead atoms. The molecule has 152 valence electrons. The molecule has 0 aliphatic rings. The standard InChI is InChI=1S/C14H23N5O8/c1-6(18-13(26)7(15)4-9(16)20)12(25)19-8(2-3-10(21)22)14(27)17-5-11(23)24/h6-8H,2-5,15H2,1H3,(H2,16,20)(H,17,27)(H,18,26)(H,19,25)(H,21,22)(H,23,24). The monoisotopic (exact) mass is 389 g/mol. The maximum atomic E-state index is 12.1. The smallest absolute Gasteiger partial charge is 0.322 e. The highest BCUT2D eigenvalue weighted by atomic mass is 16.4. The SMILES string of the molecule is CC(NC(=O)C(N)CC(N)=O)C(=O)NC(CCC(=O)O)C(=O)NCC(=O)O. The number of rotatable bonds is 12. The Morgan fingerprint density at radius 3 is 2.00 bits per heavy atom. The van der Waals surface area contributed by atoms with E-state index < -0.39 is 73.1 Å². The number of amides is 4. The molecule has 0 aromatic heterocycles. The number of carbonyl (C=O) groups excluding carboxylic acids is 4. The lowest BCUT2D eigenvalue weighted by Crippen LogP contribution is -2.55. The van der Waals surface area contributed by atoms with Gasteiger partial charge in [0.05, 0.1) is 12.5 Å². The van der Waals surface area contributed by atoms with E-state index in [0.29, 0.717) is 0 Å². The highest BCUT2D eigenvalue weighted by Crippen LogP contribution is 2.00. The largest absolute Gasteiger partial charge is 0.481 e. The van der Waals surface area contributed by atoms with Crippen LogP contribution < -0.4 is 27.4 Å². The number of primary amides is 1. The zero-order valence-corrected chi connectivity index (χ0v) is 14.6. The highest BCUT2D eigenvalue weighted by molar-refractivity contribution is 5.94. The van der Waals surface area contributed by atoms with E-state index in [4.69, 9.17) is 21.7 Å². The normalized spacial score (nSPS) is 13.6. The van der Waals surface area contributed by atoms with Gasteiger partial charge in [-0.15, -0.1) is 0 Å². The Hall–Kier alpha value is -3.22. The minimum absolute atomic E-state index is 0.297. The molecular formula is C14H23N5O8. The van der Waals surface area contributed by atoms with Gasteiger partial charge in [0.1, 0.15) is 18.6 Å². The molecule has 0 fully saturated rings. The van der Waals surface area contributed by atoms with Crippen LogP contribution in [0.3, 0.4) is 0 Å². The molecule has 0 saturated carbocycles. The van der Waals surface area contributed by atoms with Gasteiger partial charge in [-0.3, -0.25) is 28.8 Å². The summed E-state index contributed by atoms with van der Waals surface area (Å²) >= 11 is 0. The lowest BCUT2D eigenvalue weighted by Gasteiger charge is -2.21. The maximum Gasteiger partial charge on any atom is 0.322 e. The first-order valence-corrected chi connectivity index (χ1v) is 7.80. The van der Waals surface area contributed by atoms with Gasteiger partial charge in [0, 0.05) is 6.42 Å². The van der Waals surface area contributed by atoms with Crippen molar-refractivity contribution in [3.05, 3.63) is 0 Å². The summed E-state index contributed by atoms with van der Waals surface area (Å²) < 4.78 is 0. The molecule has 0 radical (unpaired) electrons. The Balaban J connectivity index is 4.86. The predicted octanol–water partition coefficient (Wildman–Crippen LogP) is -3.76. The molecule has 3 atom stereocenters. The van der Waals surface area contributed by atoms with Gasteiger partial charge in [0.15, 0.2) is 0 Å². The van der Waals surface area contributed by atoms with Crippen LogP contribution in [0.4, 0.5) is 0 Å².